The van der Waals surface area contributed by atoms with Crippen LogP contribution < -0.4 is 0 Å². The third-order valence-corrected chi connectivity index (χ3v) is 11.8. The average molecular weight is 870 g/mol. The number of nitrogens with zero attached hydrogens (tertiary/aromatic N) is 13. The first-order valence-electron chi connectivity index (χ1n) is 22.7. The second-order valence-corrected chi connectivity index (χ2v) is 23.9. The average Bonchev–Trinajstić information content (AvgIpc) is 3.84. The molecule has 0 radical (unpaired) electrons. The molecule has 0 spiro atoms. The fourth-order valence-corrected chi connectivity index (χ4v) is 7.17. The van der Waals surface area contributed by atoms with Crippen molar-refractivity contribution in [3.8, 4) is 34.6 Å². The molecule has 0 amide bonds. The Kier molecular flexibility index (Phi) is 12.6. The largest absolute Gasteiger partial charge is 0.327 e. The molecular weight excluding hydrogens is 795 g/mol. The van der Waals surface area contributed by atoms with E-state index in [1.165, 1.54) is 0 Å². The van der Waals surface area contributed by atoms with Gasteiger partial charge in [0.15, 0.2) is 17.5 Å². The lowest BCUT2D eigenvalue weighted by Crippen LogP contribution is -2.27. The van der Waals surface area contributed by atoms with Crippen LogP contribution in [0.2, 0.25) is 0 Å². The maximum Gasteiger partial charge on any atom is 0.178 e. The fourth-order valence-electron chi connectivity index (χ4n) is 7.17. The van der Waals surface area contributed by atoms with Crippen LogP contribution in [0.3, 0.4) is 0 Å². The van der Waals surface area contributed by atoms with E-state index >= 15 is 0 Å². The summed E-state index contributed by atoms with van der Waals surface area (Å²) in [7, 11) is 6.16. The first-order chi connectivity index (χ1) is 29.2. The van der Waals surface area contributed by atoms with Crippen LogP contribution in [-0.4, -0.2) is 63.5 Å². The Morgan fingerprint density at radius 1 is 0.344 bits per heavy atom. The predicted molar refractivity (Wildman–Crippen MR) is 258 cm³/mol. The Labute approximate surface area is 383 Å². The monoisotopic (exact) mass is 870 g/mol. The van der Waals surface area contributed by atoms with E-state index in [-0.39, 0.29) is 32.5 Å². The lowest BCUT2D eigenvalue weighted by atomic mass is 9.86. The number of rotatable bonds is 9. The molecule has 0 fully saturated rings. The van der Waals surface area contributed by atoms with Gasteiger partial charge in [0.1, 0.15) is 34.6 Å². The zero-order valence-corrected chi connectivity index (χ0v) is 42.9. The Bertz CT molecular complexity index is 2250. The van der Waals surface area contributed by atoms with Crippen molar-refractivity contribution in [1.82, 2.24) is 63.5 Å². The van der Waals surface area contributed by atoms with Crippen LogP contribution in [0.1, 0.15) is 176 Å². The highest BCUT2D eigenvalue weighted by Crippen LogP contribution is 2.33. The van der Waals surface area contributed by atoms with E-state index in [9.17, 15) is 0 Å². The van der Waals surface area contributed by atoms with Crippen molar-refractivity contribution in [3.63, 3.8) is 0 Å². The molecule has 344 valence electrons. The lowest BCUT2D eigenvalue weighted by Gasteiger charge is -2.25. The van der Waals surface area contributed by atoms with E-state index in [1.807, 2.05) is 18.6 Å². The van der Waals surface area contributed by atoms with E-state index in [0.717, 1.165) is 68.7 Å². The Morgan fingerprint density at radius 3 is 0.703 bits per heavy atom. The minimum atomic E-state index is -0.154. The van der Waals surface area contributed by atoms with E-state index < -0.39 is 0 Å². The van der Waals surface area contributed by atoms with Crippen molar-refractivity contribution in [3.05, 3.63) is 88.4 Å². The molecule has 6 rings (SSSR count). The summed E-state index contributed by atoms with van der Waals surface area (Å²) in [5.41, 5.74) is 7.67. The summed E-state index contributed by atoms with van der Waals surface area (Å²) in [6.07, 6.45) is 5.70. The molecule has 0 bridgehead atoms. The van der Waals surface area contributed by atoms with Gasteiger partial charge in [-0.1, -0.05) is 125 Å². The van der Waals surface area contributed by atoms with Gasteiger partial charge >= 0.3 is 0 Å². The van der Waals surface area contributed by atoms with Gasteiger partial charge in [0.2, 0.25) is 0 Å². The minimum absolute atomic E-state index is 0.154. The molecule has 6 aromatic heterocycles. The van der Waals surface area contributed by atoms with Crippen molar-refractivity contribution in [2.45, 2.75) is 177 Å². The van der Waals surface area contributed by atoms with Gasteiger partial charge in [-0.15, -0.1) is 0 Å². The molecule has 13 nitrogen and oxygen atoms in total. The smallest absolute Gasteiger partial charge is 0.178 e. The third kappa shape index (κ3) is 10.5. The molecule has 0 aliphatic rings. The lowest BCUT2D eigenvalue weighted by molar-refractivity contribution is 0.223. The Hall–Kier alpha value is -5.17. The summed E-state index contributed by atoms with van der Waals surface area (Å²) in [6, 6.07) is 6.44. The second kappa shape index (κ2) is 16.7. The second-order valence-electron chi connectivity index (χ2n) is 23.9. The number of imidazole rings is 3. The maximum atomic E-state index is 5.11. The molecule has 0 atom stereocenters. The zero-order chi connectivity index (χ0) is 47.7. The standard InChI is InChI=1S/C51H75N13/c1-46(2,3)34-22-35(47(4,5)6)56-43(55-34)31-25-52-40(61(31)19)28-64(29-41-53-26-32(62(41)20)44-57-36(48(7,8)9)23-37(58-44)49(10,11)12)30-42-54-27-33(63(42)21)45-59-38(50(13,14)15)24-39(60-45)51(16,17)18/h22-27H,28-30H2,1-21H3. The van der Waals surface area contributed by atoms with Crippen LogP contribution in [0.25, 0.3) is 34.6 Å². The van der Waals surface area contributed by atoms with Crippen LogP contribution >= 0.6 is 0 Å². The van der Waals surface area contributed by atoms with Crippen molar-refractivity contribution < 1.29 is 0 Å². The summed E-state index contributed by atoms with van der Waals surface area (Å²) >= 11 is 0. The summed E-state index contributed by atoms with van der Waals surface area (Å²) in [5, 5.41) is 0. The molecule has 0 saturated heterocycles. The van der Waals surface area contributed by atoms with Crippen LogP contribution in [-0.2, 0) is 73.3 Å². The van der Waals surface area contributed by atoms with E-state index in [2.05, 4.69) is 183 Å². The molecule has 0 aliphatic heterocycles. The van der Waals surface area contributed by atoms with Crippen molar-refractivity contribution in [1.29, 1.82) is 0 Å². The van der Waals surface area contributed by atoms with Gasteiger partial charge in [0, 0.05) is 53.6 Å². The molecule has 0 unspecified atom stereocenters. The highest BCUT2D eigenvalue weighted by molar-refractivity contribution is 5.53. The summed E-state index contributed by atoms with van der Waals surface area (Å²) < 4.78 is 6.36. The van der Waals surface area contributed by atoms with Gasteiger partial charge in [-0.3, -0.25) is 4.90 Å². The molecule has 0 N–H and O–H groups in total. The molecule has 0 saturated carbocycles. The van der Waals surface area contributed by atoms with Gasteiger partial charge in [-0.25, -0.2) is 44.9 Å². The summed E-state index contributed by atoms with van der Waals surface area (Å²) in [6.45, 7) is 41.0. The number of hydrogen-bond acceptors (Lipinski definition) is 10. The van der Waals surface area contributed by atoms with Crippen molar-refractivity contribution in [2.24, 2.45) is 21.1 Å². The maximum absolute atomic E-state index is 5.11. The molecule has 0 aliphatic carbocycles. The molecule has 0 aromatic carbocycles. The summed E-state index contributed by atoms with van der Waals surface area (Å²) in [4.78, 5) is 48.1. The quantitative estimate of drug-likeness (QED) is 0.138. The third-order valence-electron chi connectivity index (χ3n) is 11.8. The fraction of sp³-hybridized carbons (Fsp3) is 0.588. The number of hydrogen-bond donors (Lipinski definition) is 0. The predicted octanol–water partition coefficient (Wildman–Crippen LogP) is 10.2. The molecule has 6 aromatic rings. The molecular formula is C51H75N13. The van der Waals surface area contributed by atoms with Crippen LogP contribution in [0, 0.1) is 0 Å². The van der Waals surface area contributed by atoms with Gasteiger partial charge < -0.3 is 13.7 Å². The Balaban J connectivity index is 1.43. The molecule has 64 heavy (non-hydrogen) atoms. The highest BCUT2D eigenvalue weighted by Gasteiger charge is 2.29. The van der Waals surface area contributed by atoms with Gasteiger partial charge in [0.05, 0.1) is 72.4 Å². The molecule has 6 heterocycles. The highest BCUT2D eigenvalue weighted by atomic mass is 15.2. The van der Waals surface area contributed by atoms with Crippen LogP contribution in [0.4, 0.5) is 0 Å². The van der Waals surface area contributed by atoms with Crippen molar-refractivity contribution >= 4 is 0 Å². The first kappa shape index (κ1) is 48.3. The van der Waals surface area contributed by atoms with E-state index in [4.69, 9.17) is 44.9 Å². The van der Waals surface area contributed by atoms with Gasteiger partial charge in [-0.2, -0.15) is 0 Å². The Morgan fingerprint density at radius 2 is 0.531 bits per heavy atom. The van der Waals surface area contributed by atoms with Crippen molar-refractivity contribution in [2.75, 3.05) is 0 Å². The summed E-state index contributed by atoms with van der Waals surface area (Å²) in [5.74, 6) is 4.62. The van der Waals surface area contributed by atoms with Crippen LogP contribution in [0.5, 0.6) is 0 Å². The topological polar surface area (TPSA) is 134 Å². The van der Waals surface area contributed by atoms with Crippen LogP contribution in [0.15, 0.2) is 36.8 Å². The van der Waals surface area contributed by atoms with E-state index in [0.29, 0.717) is 37.1 Å². The molecule has 13 heteroatoms. The SMILES string of the molecule is Cn1c(-c2nc(C(C)(C)C)cc(C(C)(C)C)n2)cnc1CN(Cc1ncc(-c2nc(C(C)(C)C)cc(C(C)(C)C)n2)n1C)Cc1ncc(-c2nc(C(C)(C)C)cc(C(C)(C)C)n2)n1C. The van der Waals surface area contributed by atoms with Gasteiger partial charge in [0.25, 0.3) is 0 Å². The normalized spacial score (nSPS) is 13.4. The number of aromatic nitrogens is 12. The minimum Gasteiger partial charge on any atom is -0.327 e. The zero-order valence-electron chi connectivity index (χ0n) is 42.9. The van der Waals surface area contributed by atoms with E-state index in [1.54, 1.807) is 0 Å². The van der Waals surface area contributed by atoms with Gasteiger partial charge in [-0.05, 0) is 18.2 Å². The first-order valence-corrected chi connectivity index (χ1v) is 22.7.